The first-order valence-electron chi connectivity index (χ1n) is 10.2. The molecule has 164 valence electrons. The van der Waals surface area contributed by atoms with Gasteiger partial charge in [-0.25, -0.2) is 4.39 Å². The third-order valence-electron chi connectivity index (χ3n) is 4.75. The Morgan fingerprint density at radius 1 is 1.06 bits per heavy atom. The van der Waals surface area contributed by atoms with Crippen molar-refractivity contribution in [1.82, 2.24) is 14.8 Å². The number of benzene rings is 2. The third-order valence-corrected chi connectivity index (χ3v) is 5.81. The summed E-state index contributed by atoms with van der Waals surface area (Å²) in [5, 5.41) is 11.9. The zero-order chi connectivity index (χ0) is 22.5. The largest absolute Gasteiger partial charge is 0.483 e. The van der Waals surface area contributed by atoms with Crippen molar-refractivity contribution >= 4 is 23.4 Å². The molecule has 1 amide bonds. The van der Waals surface area contributed by atoms with Gasteiger partial charge in [0.2, 0.25) is 5.91 Å². The van der Waals surface area contributed by atoms with Crippen LogP contribution in [0.5, 0.6) is 5.75 Å². The Kier molecular flexibility index (Phi) is 7.33. The number of anilines is 1. The molecule has 0 fully saturated rings. The summed E-state index contributed by atoms with van der Waals surface area (Å²) in [6.45, 7) is 9.72. The van der Waals surface area contributed by atoms with Crippen molar-refractivity contribution in [2.24, 2.45) is 0 Å². The van der Waals surface area contributed by atoms with Gasteiger partial charge in [-0.2, -0.15) is 0 Å². The monoisotopic (exact) mass is 442 g/mol. The van der Waals surface area contributed by atoms with Crippen LogP contribution >= 0.6 is 11.8 Å². The van der Waals surface area contributed by atoms with Crippen LogP contribution in [0.15, 0.2) is 53.7 Å². The number of carbonyl (C=O) groups excluding carboxylic acids is 1. The first kappa shape index (κ1) is 22.8. The predicted molar refractivity (Wildman–Crippen MR) is 121 cm³/mol. The van der Waals surface area contributed by atoms with Gasteiger partial charge in [0.1, 0.15) is 11.6 Å². The molecule has 1 N–H and O–H groups in total. The van der Waals surface area contributed by atoms with Gasteiger partial charge in [-0.1, -0.05) is 30.0 Å². The van der Waals surface area contributed by atoms with Gasteiger partial charge in [-0.05, 0) is 70.5 Å². The number of nitrogens with zero attached hydrogens (tertiary/aromatic N) is 3. The predicted octanol–water partition coefficient (Wildman–Crippen LogP) is 5.57. The summed E-state index contributed by atoms with van der Waals surface area (Å²) >= 11 is 1.35. The SMILES string of the molecule is Cc1ccccc1NC(=O)C(C)Sc1nnc(C(C)Oc2ccc(F)cc2)n1C(C)C. The molecule has 0 saturated heterocycles. The van der Waals surface area contributed by atoms with Crippen LogP contribution in [0.25, 0.3) is 0 Å². The number of amides is 1. The lowest BCUT2D eigenvalue weighted by Gasteiger charge is -2.20. The normalized spacial score (nSPS) is 13.1. The van der Waals surface area contributed by atoms with Crippen molar-refractivity contribution < 1.29 is 13.9 Å². The average Bonchev–Trinajstić information content (AvgIpc) is 3.15. The topological polar surface area (TPSA) is 69.0 Å². The van der Waals surface area contributed by atoms with Crippen LogP contribution in [-0.4, -0.2) is 25.9 Å². The molecule has 3 rings (SSSR count). The number of rotatable bonds is 8. The molecule has 31 heavy (non-hydrogen) atoms. The van der Waals surface area contributed by atoms with Crippen molar-refractivity contribution in [2.75, 3.05) is 5.32 Å². The lowest BCUT2D eigenvalue weighted by atomic mass is 10.2. The zero-order valence-corrected chi connectivity index (χ0v) is 19.1. The summed E-state index contributed by atoms with van der Waals surface area (Å²) in [4.78, 5) is 12.7. The molecule has 0 spiro atoms. The minimum atomic E-state index is -0.397. The number of para-hydroxylation sites is 1. The maximum atomic E-state index is 13.1. The van der Waals surface area contributed by atoms with E-state index in [1.807, 2.05) is 63.5 Å². The Bertz CT molecular complexity index is 1040. The molecule has 2 unspecified atom stereocenters. The number of ether oxygens (including phenoxy) is 1. The summed E-state index contributed by atoms with van der Waals surface area (Å²) in [7, 11) is 0. The fourth-order valence-electron chi connectivity index (χ4n) is 3.06. The highest BCUT2D eigenvalue weighted by molar-refractivity contribution is 8.00. The van der Waals surface area contributed by atoms with Gasteiger partial charge in [-0.15, -0.1) is 10.2 Å². The third kappa shape index (κ3) is 5.64. The summed E-state index contributed by atoms with van der Waals surface area (Å²) in [5.74, 6) is 0.775. The number of carbonyl (C=O) groups is 1. The smallest absolute Gasteiger partial charge is 0.237 e. The lowest BCUT2D eigenvalue weighted by molar-refractivity contribution is -0.115. The summed E-state index contributed by atoms with van der Waals surface area (Å²) in [5.41, 5.74) is 1.81. The first-order chi connectivity index (χ1) is 14.8. The van der Waals surface area contributed by atoms with Crippen molar-refractivity contribution in [2.45, 2.75) is 57.2 Å². The number of nitrogens with one attached hydrogen (secondary N) is 1. The van der Waals surface area contributed by atoms with Crippen LogP contribution in [-0.2, 0) is 4.79 Å². The fourth-order valence-corrected chi connectivity index (χ4v) is 4.05. The van der Waals surface area contributed by atoms with E-state index in [1.54, 1.807) is 12.1 Å². The molecule has 2 atom stereocenters. The van der Waals surface area contributed by atoms with Gasteiger partial charge in [-0.3, -0.25) is 4.79 Å². The van der Waals surface area contributed by atoms with Gasteiger partial charge in [0, 0.05) is 11.7 Å². The van der Waals surface area contributed by atoms with Crippen molar-refractivity contribution in [3.8, 4) is 5.75 Å². The quantitative estimate of drug-likeness (QED) is 0.462. The second kappa shape index (κ2) is 9.96. The van der Waals surface area contributed by atoms with E-state index in [0.29, 0.717) is 16.7 Å². The number of halogens is 1. The summed E-state index contributed by atoms with van der Waals surface area (Å²) in [6.07, 6.45) is -0.397. The zero-order valence-electron chi connectivity index (χ0n) is 18.3. The van der Waals surface area contributed by atoms with Gasteiger partial charge in [0.05, 0.1) is 5.25 Å². The molecule has 1 aromatic heterocycles. The standard InChI is InChI=1S/C23H27FN4O2S/c1-14(2)28-21(16(4)30-19-12-10-18(24)11-13-19)26-27-23(28)31-17(5)22(29)25-20-9-7-6-8-15(20)3/h6-14,16-17H,1-5H3,(H,25,29). The van der Waals surface area contributed by atoms with Crippen LogP contribution in [0, 0.1) is 12.7 Å². The number of hydrogen-bond acceptors (Lipinski definition) is 5. The molecular formula is C23H27FN4O2S. The highest BCUT2D eigenvalue weighted by Crippen LogP contribution is 2.30. The van der Waals surface area contributed by atoms with Crippen LogP contribution < -0.4 is 10.1 Å². The molecular weight excluding hydrogens is 415 g/mol. The molecule has 0 saturated carbocycles. The van der Waals surface area contributed by atoms with Crippen LogP contribution in [0.4, 0.5) is 10.1 Å². The summed E-state index contributed by atoms with van der Waals surface area (Å²) in [6, 6.07) is 13.6. The second-order valence-corrected chi connectivity index (χ2v) is 8.89. The summed E-state index contributed by atoms with van der Waals surface area (Å²) < 4.78 is 21.0. The Labute approximate surface area is 186 Å². The first-order valence-corrected chi connectivity index (χ1v) is 11.0. The fraction of sp³-hybridized carbons (Fsp3) is 0.348. The Morgan fingerprint density at radius 3 is 2.39 bits per heavy atom. The maximum absolute atomic E-state index is 13.1. The van der Waals surface area contributed by atoms with Crippen LogP contribution in [0.2, 0.25) is 0 Å². The van der Waals surface area contributed by atoms with E-state index in [4.69, 9.17) is 4.74 Å². The number of thioether (sulfide) groups is 1. The number of hydrogen-bond donors (Lipinski definition) is 1. The van der Waals surface area contributed by atoms with Gasteiger partial charge < -0.3 is 14.6 Å². The highest BCUT2D eigenvalue weighted by atomic mass is 32.2. The Morgan fingerprint density at radius 2 is 1.74 bits per heavy atom. The minimum Gasteiger partial charge on any atom is -0.483 e. The number of aryl methyl sites for hydroxylation is 1. The average molecular weight is 443 g/mol. The van der Waals surface area contributed by atoms with Gasteiger partial charge >= 0.3 is 0 Å². The van der Waals surface area contributed by atoms with E-state index in [2.05, 4.69) is 15.5 Å². The van der Waals surface area contributed by atoms with Gasteiger partial charge in [0.15, 0.2) is 17.1 Å². The molecule has 6 nitrogen and oxygen atoms in total. The molecule has 3 aromatic rings. The van der Waals surface area contributed by atoms with E-state index < -0.39 is 6.10 Å². The molecule has 0 aliphatic carbocycles. The molecule has 2 aromatic carbocycles. The molecule has 0 aliphatic heterocycles. The van der Waals surface area contributed by atoms with Crippen molar-refractivity contribution in [3.63, 3.8) is 0 Å². The Hall–Kier alpha value is -2.87. The van der Waals surface area contributed by atoms with E-state index in [-0.39, 0.29) is 23.0 Å². The highest BCUT2D eigenvalue weighted by Gasteiger charge is 2.25. The van der Waals surface area contributed by atoms with Crippen LogP contribution in [0.1, 0.15) is 51.2 Å². The van der Waals surface area contributed by atoms with Crippen molar-refractivity contribution in [1.29, 1.82) is 0 Å². The molecule has 0 aliphatic rings. The van der Waals surface area contributed by atoms with Crippen LogP contribution in [0.3, 0.4) is 0 Å². The van der Waals surface area contributed by atoms with E-state index in [1.165, 1.54) is 23.9 Å². The molecule has 1 heterocycles. The van der Waals surface area contributed by atoms with E-state index >= 15 is 0 Å². The minimum absolute atomic E-state index is 0.0680. The van der Waals surface area contributed by atoms with Crippen molar-refractivity contribution in [3.05, 3.63) is 65.7 Å². The second-order valence-electron chi connectivity index (χ2n) is 7.58. The number of aromatic nitrogens is 3. The molecule has 8 heteroatoms. The van der Waals surface area contributed by atoms with E-state index in [0.717, 1.165) is 11.3 Å². The van der Waals surface area contributed by atoms with E-state index in [9.17, 15) is 9.18 Å². The van der Waals surface area contributed by atoms with Gasteiger partial charge in [0.25, 0.3) is 0 Å². The maximum Gasteiger partial charge on any atom is 0.237 e. The lowest BCUT2D eigenvalue weighted by Crippen LogP contribution is -2.23. The molecule has 0 bridgehead atoms. The Balaban J connectivity index is 1.74. The molecule has 0 radical (unpaired) electrons.